The van der Waals surface area contributed by atoms with E-state index in [4.69, 9.17) is 9.47 Å². The lowest BCUT2D eigenvalue weighted by molar-refractivity contribution is 0.340. The van der Waals surface area contributed by atoms with Gasteiger partial charge in [0.1, 0.15) is 5.75 Å². The molecule has 1 aliphatic rings. The molecule has 3 unspecified atom stereocenters. The fourth-order valence-electron chi connectivity index (χ4n) is 2.02. The molecule has 0 saturated carbocycles. The van der Waals surface area contributed by atoms with Crippen LogP contribution < -0.4 is 4.74 Å². The van der Waals surface area contributed by atoms with Crippen LogP contribution in [0, 0.1) is 0 Å². The molecule has 0 amide bonds. The van der Waals surface area contributed by atoms with Crippen LogP contribution in [0.4, 0.5) is 0 Å². The van der Waals surface area contributed by atoms with E-state index in [9.17, 15) is 0 Å². The van der Waals surface area contributed by atoms with Gasteiger partial charge in [-0.25, -0.2) is 0 Å². The number of benzene rings is 1. The fraction of sp³-hybridized carbons (Fsp3) is 0.571. The number of hydrogen-bond donors (Lipinski definition) is 0. The van der Waals surface area contributed by atoms with Crippen LogP contribution in [0.15, 0.2) is 24.3 Å². The quantitative estimate of drug-likeness (QED) is 0.710. The van der Waals surface area contributed by atoms with Gasteiger partial charge < -0.3 is 9.47 Å². The maximum atomic E-state index is 5.45. The standard InChI is InChI=1S/C14H20O2/c1-4-15-13-7-5-12(6-8-13)10(2)9-14-11(3)16-14/h5-8,10-11,14H,4,9H2,1-3H3. The SMILES string of the molecule is CCOc1ccc(C(C)CC2OC2C)cc1. The molecule has 3 atom stereocenters. The van der Waals surface area contributed by atoms with E-state index in [1.54, 1.807) is 0 Å². The van der Waals surface area contributed by atoms with Crippen LogP contribution in [0.5, 0.6) is 5.75 Å². The predicted molar refractivity (Wildman–Crippen MR) is 65.0 cm³/mol. The topological polar surface area (TPSA) is 21.8 Å². The van der Waals surface area contributed by atoms with Gasteiger partial charge in [0.25, 0.3) is 0 Å². The summed E-state index contributed by atoms with van der Waals surface area (Å²) in [5.41, 5.74) is 1.37. The van der Waals surface area contributed by atoms with Crippen LogP contribution in [0.3, 0.4) is 0 Å². The van der Waals surface area contributed by atoms with Gasteiger partial charge in [0.2, 0.25) is 0 Å². The zero-order valence-corrected chi connectivity index (χ0v) is 10.3. The molecule has 0 aliphatic carbocycles. The maximum absolute atomic E-state index is 5.45. The number of ether oxygens (including phenoxy) is 2. The van der Waals surface area contributed by atoms with E-state index >= 15 is 0 Å². The first-order valence-corrected chi connectivity index (χ1v) is 6.09. The first kappa shape index (κ1) is 11.5. The van der Waals surface area contributed by atoms with Crippen molar-refractivity contribution in [2.45, 2.75) is 45.3 Å². The Kier molecular flexibility index (Phi) is 3.49. The molecule has 0 bridgehead atoms. The Bertz CT molecular complexity index is 331. The van der Waals surface area contributed by atoms with Crippen molar-refractivity contribution in [3.63, 3.8) is 0 Å². The Morgan fingerprint density at radius 1 is 1.31 bits per heavy atom. The predicted octanol–water partition coefficient (Wildman–Crippen LogP) is 3.37. The summed E-state index contributed by atoms with van der Waals surface area (Å²) >= 11 is 0. The Morgan fingerprint density at radius 2 is 1.94 bits per heavy atom. The second-order valence-corrected chi connectivity index (χ2v) is 4.52. The molecule has 1 aromatic rings. The molecule has 1 heterocycles. The largest absolute Gasteiger partial charge is 0.494 e. The van der Waals surface area contributed by atoms with Gasteiger partial charge in [0, 0.05) is 0 Å². The summed E-state index contributed by atoms with van der Waals surface area (Å²) in [5.74, 6) is 1.51. The van der Waals surface area contributed by atoms with Crippen molar-refractivity contribution in [2.24, 2.45) is 0 Å². The Hall–Kier alpha value is -1.02. The average Bonchev–Trinajstić information content (AvgIpc) is 2.95. The summed E-state index contributed by atoms with van der Waals surface area (Å²) in [5, 5.41) is 0. The molecule has 0 radical (unpaired) electrons. The monoisotopic (exact) mass is 220 g/mol. The lowest BCUT2D eigenvalue weighted by atomic mass is 9.95. The van der Waals surface area contributed by atoms with Crippen molar-refractivity contribution >= 4 is 0 Å². The molecule has 2 nitrogen and oxygen atoms in total. The minimum absolute atomic E-state index is 0.463. The Morgan fingerprint density at radius 3 is 2.44 bits per heavy atom. The van der Waals surface area contributed by atoms with E-state index in [2.05, 4.69) is 26.0 Å². The summed E-state index contributed by atoms with van der Waals surface area (Å²) in [6, 6.07) is 8.41. The lowest BCUT2D eigenvalue weighted by Crippen LogP contribution is -2.00. The molecule has 1 fully saturated rings. The molecule has 1 aliphatic heterocycles. The molecule has 2 heteroatoms. The maximum Gasteiger partial charge on any atom is 0.119 e. The van der Waals surface area contributed by atoms with E-state index in [-0.39, 0.29) is 0 Å². The molecule has 0 aromatic heterocycles. The number of hydrogen-bond acceptors (Lipinski definition) is 2. The molecule has 88 valence electrons. The normalized spacial score (nSPS) is 25.2. The summed E-state index contributed by atoms with van der Waals surface area (Å²) in [7, 11) is 0. The van der Waals surface area contributed by atoms with E-state index in [0.29, 0.717) is 18.1 Å². The molecule has 1 aromatic carbocycles. The zero-order valence-electron chi connectivity index (χ0n) is 10.3. The second kappa shape index (κ2) is 4.88. The van der Waals surface area contributed by atoms with Crippen molar-refractivity contribution < 1.29 is 9.47 Å². The molecule has 16 heavy (non-hydrogen) atoms. The summed E-state index contributed by atoms with van der Waals surface area (Å²) in [4.78, 5) is 0. The van der Waals surface area contributed by atoms with Crippen molar-refractivity contribution in [1.29, 1.82) is 0 Å². The average molecular weight is 220 g/mol. The van der Waals surface area contributed by atoms with E-state index in [0.717, 1.165) is 18.8 Å². The van der Waals surface area contributed by atoms with E-state index < -0.39 is 0 Å². The minimum Gasteiger partial charge on any atom is -0.494 e. The highest BCUT2D eigenvalue weighted by Crippen LogP contribution is 2.32. The van der Waals surface area contributed by atoms with Crippen LogP contribution in [0.25, 0.3) is 0 Å². The first-order chi connectivity index (χ1) is 7.70. The van der Waals surface area contributed by atoms with E-state index in [1.807, 2.05) is 19.1 Å². The van der Waals surface area contributed by atoms with Crippen molar-refractivity contribution in [3.8, 4) is 5.75 Å². The first-order valence-electron chi connectivity index (χ1n) is 6.09. The highest BCUT2D eigenvalue weighted by Gasteiger charge is 2.35. The number of epoxide rings is 1. The molecule has 1 saturated heterocycles. The molecular formula is C14H20O2. The highest BCUT2D eigenvalue weighted by molar-refractivity contribution is 5.29. The van der Waals surface area contributed by atoms with Gasteiger partial charge in [-0.05, 0) is 43.9 Å². The fourth-order valence-corrected chi connectivity index (χ4v) is 2.02. The Balaban J connectivity index is 1.92. The molecule has 2 rings (SSSR count). The van der Waals surface area contributed by atoms with Crippen molar-refractivity contribution in [3.05, 3.63) is 29.8 Å². The Labute approximate surface area is 97.6 Å². The van der Waals surface area contributed by atoms with Gasteiger partial charge in [-0.3, -0.25) is 0 Å². The van der Waals surface area contributed by atoms with Gasteiger partial charge in [0.05, 0.1) is 18.8 Å². The van der Waals surface area contributed by atoms with Crippen LogP contribution in [-0.4, -0.2) is 18.8 Å². The highest BCUT2D eigenvalue weighted by atomic mass is 16.6. The summed E-state index contributed by atoms with van der Waals surface area (Å²) in [6.07, 6.45) is 2.06. The van der Waals surface area contributed by atoms with Crippen molar-refractivity contribution in [2.75, 3.05) is 6.61 Å². The second-order valence-electron chi connectivity index (χ2n) is 4.52. The van der Waals surface area contributed by atoms with Gasteiger partial charge >= 0.3 is 0 Å². The third-order valence-corrected chi connectivity index (χ3v) is 3.18. The number of rotatable bonds is 5. The van der Waals surface area contributed by atoms with Crippen LogP contribution in [0.2, 0.25) is 0 Å². The van der Waals surface area contributed by atoms with Crippen LogP contribution in [-0.2, 0) is 4.74 Å². The van der Waals surface area contributed by atoms with Crippen LogP contribution in [0.1, 0.15) is 38.7 Å². The summed E-state index contributed by atoms with van der Waals surface area (Å²) in [6.45, 7) is 7.12. The van der Waals surface area contributed by atoms with Gasteiger partial charge in [-0.2, -0.15) is 0 Å². The smallest absolute Gasteiger partial charge is 0.119 e. The van der Waals surface area contributed by atoms with Gasteiger partial charge in [-0.1, -0.05) is 19.1 Å². The third kappa shape index (κ3) is 2.76. The minimum atomic E-state index is 0.463. The third-order valence-electron chi connectivity index (χ3n) is 3.18. The lowest BCUT2D eigenvalue weighted by Gasteiger charge is -2.11. The van der Waals surface area contributed by atoms with Crippen molar-refractivity contribution in [1.82, 2.24) is 0 Å². The van der Waals surface area contributed by atoms with E-state index in [1.165, 1.54) is 5.56 Å². The summed E-state index contributed by atoms with van der Waals surface area (Å²) < 4.78 is 10.9. The molecule has 0 N–H and O–H groups in total. The zero-order chi connectivity index (χ0) is 11.5. The van der Waals surface area contributed by atoms with Crippen LogP contribution >= 0.6 is 0 Å². The molecule has 0 spiro atoms. The van der Waals surface area contributed by atoms with Gasteiger partial charge in [-0.15, -0.1) is 0 Å². The molecular weight excluding hydrogens is 200 g/mol. The van der Waals surface area contributed by atoms with Gasteiger partial charge in [0.15, 0.2) is 0 Å².